The van der Waals surface area contributed by atoms with Crippen LogP contribution in [0.1, 0.15) is 28.8 Å². The number of carbonyl (C=O) groups is 2. The summed E-state index contributed by atoms with van der Waals surface area (Å²) < 4.78 is 12.5. The molecule has 1 aromatic carbocycles. The highest BCUT2D eigenvalue weighted by Gasteiger charge is 2.18. The summed E-state index contributed by atoms with van der Waals surface area (Å²) >= 11 is 0. The van der Waals surface area contributed by atoms with E-state index in [1.165, 1.54) is 0 Å². The van der Waals surface area contributed by atoms with Gasteiger partial charge in [-0.05, 0) is 56.0 Å². The van der Waals surface area contributed by atoms with Crippen LogP contribution in [0.3, 0.4) is 0 Å². The molecule has 0 unspecified atom stereocenters. The van der Waals surface area contributed by atoms with Gasteiger partial charge in [-0.25, -0.2) is 9.67 Å². The summed E-state index contributed by atoms with van der Waals surface area (Å²) in [4.78, 5) is 28.8. The molecule has 0 aliphatic heterocycles. The number of rotatable bonds is 7. The van der Waals surface area contributed by atoms with Crippen molar-refractivity contribution in [2.24, 2.45) is 7.05 Å². The van der Waals surface area contributed by atoms with Crippen LogP contribution in [0, 0.1) is 20.8 Å². The van der Waals surface area contributed by atoms with E-state index in [4.69, 9.17) is 9.47 Å². The number of ether oxygens (including phenoxy) is 2. The summed E-state index contributed by atoms with van der Waals surface area (Å²) in [6.07, 6.45) is 0.663. The highest BCUT2D eigenvalue weighted by molar-refractivity contribution is 5.87. The Hall–Kier alpha value is -3.62. The first-order valence-corrected chi connectivity index (χ1v) is 9.94. The predicted octanol–water partition coefficient (Wildman–Crippen LogP) is 2.06. The van der Waals surface area contributed by atoms with E-state index < -0.39 is 5.91 Å². The Kier molecular flexibility index (Phi) is 6.74. The number of carbonyl (C=O) groups excluding carboxylic acids is 2. The quantitative estimate of drug-likeness (QED) is 0.561. The van der Waals surface area contributed by atoms with Gasteiger partial charge in [-0.3, -0.25) is 20.4 Å². The summed E-state index contributed by atoms with van der Waals surface area (Å²) in [7, 11) is 3.38. The van der Waals surface area contributed by atoms with E-state index in [0.29, 0.717) is 18.1 Å². The Bertz CT molecular complexity index is 1120. The van der Waals surface area contributed by atoms with Crippen LogP contribution < -0.4 is 20.3 Å². The van der Waals surface area contributed by atoms with Crippen LogP contribution in [0.5, 0.6) is 11.6 Å². The number of fused-ring (bicyclic) bond motifs is 1. The second-order valence-corrected chi connectivity index (χ2v) is 7.33. The van der Waals surface area contributed by atoms with Crippen LogP contribution in [-0.2, 0) is 23.1 Å². The molecule has 0 spiro atoms. The fourth-order valence-electron chi connectivity index (χ4n) is 3.44. The average molecular weight is 425 g/mol. The van der Waals surface area contributed by atoms with Crippen LogP contribution in [0.2, 0.25) is 0 Å². The van der Waals surface area contributed by atoms with Crippen LogP contribution in [0.4, 0.5) is 0 Å². The molecule has 0 saturated heterocycles. The predicted molar refractivity (Wildman–Crippen MR) is 116 cm³/mol. The molecular weight excluding hydrogens is 398 g/mol. The molecule has 2 N–H and O–H groups in total. The molecule has 164 valence electrons. The highest BCUT2D eigenvalue weighted by atomic mass is 16.5. The molecule has 9 nitrogen and oxygen atoms in total. The molecule has 3 aromatic rings. The van der Waals surface area contributed by atoms with Crippen LogP contribution in [-0.4, -0.2) is 40.3 Å². The van der Waals surface area contributed by atoms with Crippen LogP contribution in [0.25, 0.3) is 11.0 Å². The van der Waals surface area contributed by atoms with Gasteiger partial charge in [0.2, 0.25) is 11.8 Å². The lowest BCUT2D eigenvalue weighted by molar-refractivity contribution is -0.130. The summed E-state index contributed by atoms with van der Waals surface area (Å²) in [6.45, 7) is 5.63. The molecule has 2 aromatic heterocycles. The van der Waals surface area contributed by atoms with E-state index in [9.17, 15) is 9.59 Å². The van der Waals surface area contributed by atoms with Gasteiger partial charge in [-0.1, -0.05) is 12.1 Å². The molecule has 31 heavy (non-hydrogen) atoms. The van der Waals surface area contributed by atoms with Gasteiger partial charge in [0.15, 0.2) is 12.3 Å². The number of hydrogen-bond acceptors (Lipinski definition) is 6. The van der Waals surface area contributed by atoms with Crippen LogP contribution in [0.15, 0.2) is 24.3 Å². The van der Waals surface area contributed by atoms with Crippen molar-refractivity contribution in [3.8, 4) is 11.6 Å². The number of aryl methyl sites for hydroxylation is 4. The lowest BCUT2D eigenvalue weighted by Crippen LogP contribution is -2.43. The molecule has 3 rings (SSSR count). The number of aromatic nitrogens is 3. The fraction of sp³-hybridized carbons (Fsp3) is 0.364. The molecule has 0 saturated carbocycles. The third-order valence-electron chi connectivity index (χ3n) is 5.02. The number of nitrogens with one attached hydrogen (secondary N) is 2. The fourth-order valence-corrected chi connectivity index (χ4v) is 3.44. The van der Waals surface area contributed by atoms with Crippen molar-refractivity contribution in [3.05, 3.63) is 46.6 Å². The Labute approximate surface area is 180 Å². The number of benzene rings is 1. The second kappa shape index (κ2) is 9.46. The average Bonchev–Trinajstić information content (AvgIpc) is 3.06. The summed E-state index contributed by atoms with van der Waals surface area (Å²) in [5.74, 6) is 0.363. The van der Waals surface area contributed by atoms with Gasteiger partial charge in [0.1, 0.15) is 5.75 Å². The largest absolute Gasteiger partial charge is 0.484 e. The number of hydrogen-bond donors (Lipinski definition) is 2. The Morgan fingerprint density at radius 3 is 2.58 bits per heavy atom. The number of amides is 2. The van der Waals surface area contributed by atoms with Gasteiger partial charge in [-0.2, -0.15) is 0 Å². The van der Waals surface area contributed by atoms with Crippen molar-refractivity contribution in [1.82, 2.24) is 25.6 Å². The third-order valence-corrected chi connectivity index (χ3v) is 5.02. The van der Waals surface area contributed by atoms with Crippen molar-refractivity contribution in [3.63, 3.8) is 0 Å². The van der Waals surface area contributed by atoms with Gasteiger partial charge in [0, 0.05) is 19.2 Å². The number of hydrazine groups is 1. The summed E-state index contributed by atoms with van der Waals surface area (Å²) in [5, 5.41) is 5.17. The zero-order valence-electron chi connectivity index (χ0n) is 18.4. The van der Waals surface area contributed by atoms with E-state index in [1.807, 2.05) is 46.0 Å². The van der Waals surface area contributed by atoms with Crippen molar-refractivity contribution in [1.29, 1.82) is 0 Å². The van der Waals surface area contributed by atoms with E-state index in [0.717, 1.165) is 33.4 Å². The topological polar surface area (TPSA) is 107 Å². The smallest absolute Gasteiger partial charge is 0.276 e. The minimum absolute atomic E-state index is 0.191. The highest BCUT2D eigenvalue weighted by Crippen LogP contribution is 2.30. The molecule has 0 bridgehead atoms. The minimum atomic E-state index is -0.439. The van der Waals surface area contributed by atoms with Crippen molar-refractivity contribution < 1.29 is 19.1 Å². The minimum Gasteiger partial charge on any atom is -0.484 e. The maximum Gasteiger partial charge on any atom is 0.276 e. The van der Waals surface area contributed by atoms with E-state index in [2.05, 4.69) is 20.9 Å². The summed E-state index contributed by atoms with van der Waals surface area (Å²) in [5.41, 5.74) is 9.34. The normalized spacial score (nSPS) is 10.7. The first kappa shape index (κ1) is 22.1. The van der Waals surface area contributed by atoms with Crippen molar-refractivity contribution in [2.75, 3.05) is 13.7 Å². The standard InChI is InChI=1S/C22H27N5O4/c1-13-7-6-8-16(11-13)31-12-19(29)25-24-18(28)10-9-17-14(2)20-21(23-15(17)3)27(4)26-22(20)30-5/h6-8,11H,9-10,12H2,1-5H3,(H,24,28)(H,25,29). The summed E-state index contributed by atoms with van der Waals surface area (Å²) in [6, 6.07) is 7.39. The lowest BCUT2D eigenvalue weighted by Gasteiger charge is -2.12. The Morgan fingerprint density at radius 2 is 1.87 bits per heavy atom. The molecule has 0 atom stereocenters. The Balaban J connectivity index is 1.54. The molecule has 0 aliphatic rings. The van der Waals surface area contributed by atoms with Crippen molar-refractivity contribution in [2.45, 2.75) is 33.6 Å². The van der Waals surface area contributed by atoms with Crippen molar-refractivity contribution >= 4 is 22.8 Å². The van der Waals surface area contributed by atoms with Gasteiger partial charge in [-0.15, -0.1) is 5.10 Å². The number of nitrogens with zero attached hydrogens (tertiary/aromatic N) is 3. The van der Waals surface area contributed by atoms with Crippen LogP contribution >= 0.6 is 0 Å². The molecule has 9 heteroatoms. The first-order valence-electron chi connectivity index (χ1n) is 9.94. The maximum absolute atomic E-state index is 12.2. The molecule has 0 radical (unpaired) electrons. The van der Waals surface area contributed by atoms with E-state index in [1.54, 1.807) is 17.9 Å². The number of methoxy groups -OCH3 is 1. The van der Waals surface area contributed by atoms with Gasteiger partial charge < -0.3 is 9.47 Å². The molecule has 0 aliphatic carbocycles. The monoisotopic (exact) mass is 425 g/mol. The molecular formula is C22H27N5O4. The molecule has 2 amide bonds. The first-order chi connectivity index (χ1) is 14.8. The number of pyridine rings is 1. The zero-order valence-corrected chi connectivity index (χ0v) is 18.4. The molecule has 2 heterocycles. The zero-order chi connectivity index (χ0) is 22.5. The maximum atomic E-state index is 12.2. The second-order valence-electron chi connectivity index (χ2n) is 7.33. The molecule has 0 fully saturated rings. The van der Waals surface area contributed by atoms with Gasteiger partial charge in [0.25, 0.3) is 5.91 Å². The van der Waals surface area contributed by atoms with E-state index >= 15 is 0 Å². The Morgan fingerprint density at radius 1 is 1.13 bits per heavy atom. The SMILES string of the molecule is COc1nn(C)c2nc(C)c(CCC(=O)NNC(=O)COc3cccc(C)c3)c(C)c12. The van der Waals surface area contributed by atoms with Gasteiger partial charge in [0.05, 0.1) is 12.5 Å². The lowest BCUT2D eigenvalue weighted by atomic mass is 10.00. The third kappa shape index (κ3) is 5.11. The van der Waals surface area contributed by atoms with E-state index in [-0.39, 0.29) is 18.9 Å². The van der Waals surface area contributed by atoms with Gasteiger partial charge >= 0.3 is 0 Å².